The van der Waals surface area contributed by atoms with Crippen LogP contribution >= 0.6 is 11.6 Å². The summed E-state index contributed by atoms with van der Waals surface area (Å²) in [5.74, 6) is -0.366. The lowest BCUT2D eigenvalue weighted by Gasteiger charge is -2.10. The van der Waals surface area contributed by atoms with Crippen molar-refractivity contribution in [2.75, 3.05) is 13.2 Å². The highest BCUT2D eigenvalue weighted by atomic mass is 35.5. The van der Waals surface area contributed by atoms with Crippen molar-refractivity contribution in [2.45, 2.75) is 30.3 Å². The summed E-state index contributed by atoms with van der Waals surface area (Å²) >= 11 is 5.77. The number of sulfonamides is 1. The SMILES string of the molecule is NS(=O)(=O)c1cc(C(=O)NCCC2CCCO2)ccc1Cl. The van der Waals surface area contributed by atoms with Gasteiger partial charge >= 0.3 is 0 Å². The number of carbonyl (C=O) groups excluding carboxylic acids is 1. The Morgan fingerprint density at radius 3 is 2.86 bits per heavy atom. The minimum atomic E-state index is -3.96. The van der Waals surface area contributed by atoms with Crippen LogP contribution in [0.3, 0.4) is 0 Å². The number of nitrogens with two attached hydrogens (primary N) is 1. The fourth-order valence-corrected chi connectivity index (χ4v) is 3.25. The topological polar surface area (TPSA) is 98.5 Å². The molecule has 21 heavy (non-hydrogen) atoms. The number of ether oxygens (including phenoxy) is 1. The Bertz CT molecular complexity index is 627. The number of benzene rings is 1. The third-order valence-electron chi connectivity index (χ3n) is 3.28. The second kappa shape index (κ2) is 6.74. The first kappa shape index (κ1) is 16.2. The van der Waals surface area contributed by atoms with E-state index in [0.717, 1.165) is 25.9 Å². The first-order chi connectivity index (χ1) is 9.88. The van der Waals surface area contributed by atoms with Gasteiger partial charge in [-0.15, -0.1) is 0 Å². The molecule has 1 saturated heterocycles. The molecule has 0 radical (unpaired) electrons. The minimum absolute atomic E-state index is 0.00611. The summed E-state index contributed by atoms with van der Waals surface area (Å²) in [7, 11) is -3.96. The van der Waals surface area contributed by atoms with Crippen molar-refractivity contribution >= 4 is 27.5 Å². The Morgan fingerprint density at radius 2 is 2.24 bits per heavy atom. The van der Waals surface area contributed by atoms with Gasteiger partial charge in [0.05, 0.1) is 11.1 Å². The summed E-state index contributed by atoms with van der Waals surface area (Å²) in [6, 6.07) is 3.98. The van der Waals surface area contributed by atoms with Gasteiger partial charge in [-0.25, -0.2) is 13.6 Å². The van der Waals surface area contributed by atoms with E-state index in [4.69, 9.17) is 21.5 Å². The number of amides is 1. The normalized spacial score (nSPS) is 18.7. The van der Waals surface area contributed by atoms with Crippen LogP contribution in [0.15, 0.2) is 23.1 Å². The van der Waals surface area contributed by atoms with Gasteiger partial charge in [-0.3, -0.25) is 4.79 Å². The van der Waals surface area contributed by atoms with E-state index in [2.05, 4.69) is 5.32 Å². The van der Waals surface area contributed by atoms with E-state index in [0.29, 0.717) is 6.54 Å². The molecule has 1 amide bonds. The van der Waals surface area contributed by atoms with Gasteiger partial charge in [0, 0.05) is 18.7 Å². The maximum absolute atomic E-state index is 12.0. The molecule has 1 aliphatic heterocycles. The van der Waals surface area contributed by atoms with Crippen LogP contribution in [0.4, 0.5) is 0 Å². The molecule has 0 bridgehead atoms. The van der Waals surface area contributed by atoms with Crippen molar-refractivity contribution in [2.24, 2.45) is 5.14 Å². The van der Waals surface area contributed by atoms with Gasteiger partial charge in [0.15, 0.2) is 0 Å². The summed E-state index contributed by atoms with van der Waals surface area (Å²) in [5, 5.41) is 7.77. The molecule has 0 aromatic heterocycles. The molecule has 0 saturated carbocycles. The van der Waals surface area contributed by atoms with Gasteiger partial charge in [0.1, 0.15) is 4.90 Å². The molecule has 1 heterocycles. The molecule has 6 nitrogen and oxygen atoms in total. The maximum Gasteiger partial charge on any atom is 0.251 e. The Hall–Kier alpha value is -1.15. The summed E-state index contributed by atoms with van der Waals surface area (Å²) < 4.78 is 28.2. The van der Waals surface area contributed by atoms with E-state index < -0.39 is 10.0 Å². The predicted molar refractivity (Wildman–Crippen MR) is 78.7 cm³/mol. The van der Waals surface area contributed by atoms with Crippen LogP contribution in [0.5, 0.6) is 0 Å². The average molecular weight is 333 g/mol. The monoisotopic (exact) mass is 332 g/mol. The van der Waals surface area contributed by atoms with E-state index in [1.807, 2.05) is 0 Å². The molecular formula is C13H17ClN2O4S. The molecule has 1 aromatic carbocycles. The average Bonchev–Trinajstić information content (AvgIpc) is 2.91. The van der Waals surface area contributed by atoms with Crippen molar-refractivity contribution in [1.82, 2.24) is 5.32 Å². The number of primary sulfonamides is 1. The fraction of sp³-hybridized carbons (Fsp3) is 0.462. The van der Waals surface area contributed by atoms with Gasteiger partial charge < -0.3 is 10.1 Å². The van der Waals surface area contributed by atoms with E-state index >= 15 is 0 Å². The second-order valence-electron chi connectivity index (χ2n) is 4.87. The van der Waals surface area contributed by atoms with Crippen molar-refractivity contribution in [3.05, 3.63) is 28.8 Å². The van der Waals surface area contributed by atoms with Crippen LogP contribution < -0.4 is 10.5 Å². The highest BCUT2D eigenvalue weighted by molar-refractivity contribution is 7.89. The zero-order valence-corrected chi connectivity index (χ0v) is 12.9. The number of nitrogens with one attached hydrogen (secondary N) is 1. The summed E-state index contributed by atoms with van der Waals surface area (Å²) in [4.78, 5) is 11.7. The lowest BCUT2D eigenvalue weighted by molar-refractivity contribution is 0.0907. The maximum atomic E-state index is 12.0. The Labute approximate surface area is 128 Å². The molecule has 3 N–H and O–H groups in total. The number of carbonyl (C=O) groups is 1. The highest BCUT2D eigenvalue weighted by Gasteiger charge is 2.18. The van der Waals surface area contributed by atoms with Gasteiger partial charge in [0.25, 0.3) is 5.91 Å². The molecule has 1 aromatic rings. The smallest absolute Gasteiger partial charge is 0.251 e. The van der Waals surface area contributed by atoms with E-state index in [-0.39, 0.29) is 27.5 Å². The predicted octanol–water partition coefficient (Wildman–Crippen LogP) is 1.29. The van der Waals surface area contributed by atoms with Crippen molar-refractivity contribution < 1.29 is 17.9 Å². The molecule has 1 aliphatic rings. The first-order valence-electron chi connectivity index (χ1n) is 6.60. The van der Waals surface area contributed by atoms with Crippen LogP contribution in [0, 0.1) is 0 Å². The molecule has 0 aliphatic carbocycles. The van der Waals surface area contributed by atoms with Gasteiger partial charge in [-0.1, -0.05) is 11.6 Å². The van der Waals surface area contributed by atoms with Crippen molar-refractivity contribution in [3.63, 3.8) is 0 Å². The first-order valence-corrected chi connectivity index (χ1v) is 8.52. The molecule has 1 unspecified atom stereocenters. The largest absolute Gasteiger partial charge is 0.378 e. The van der Waals surface area contributed by atoms with Gasteiger partial charge in [-0.05, 0) is 37.5 Å². The number of hydrogen-bond donors (Lipinski definition) is 2. The van der Waals surface area contributed by atoms with Gasteiger partial charge in [-0.2, -0.15) is 0 Å². The molecule has 8 heteroatoms. The highest BCUT2D eigenvalue weighted by Crippen LogP contribution is 2.21. The van der Waals surface area contributed by atoms with E-state index in [1.54, 1.807) is 0 Å². The standard InChI is InChI=1S/C13H17ClN2O4S/c14-11-4-3-9(8-12(11)21(15,18)19)13(17)16-6-5-10-2-1-7-20-10/h3-4,8,10H,1-2,5-7H2,(H,16,17)(H2,15,18,19). The zero-order valence-electron chi connectivity index (χ0n) is 11.3. The Morgan fingerprint density at radius 1 is 1.48 bits per heavy atom. The van der Waals surface area contributed by atoms with Crippen LogP contribution in [0.2, 0.25) is 5.02 Å². The molecular weight excluding hydrogens is 316 g/mol. The van der Waals surface area contributed by atoms with E-state index in [9.17, 15) is 13.2 Å². The van der Waals surface area contributed by atoms with Gasteiger partial charge in [0.2, 0.25) is 10.0 Å². The molecule has 1 fully saturated rings. The summed E-state index contributed by atoms with van der Waals surface area (Å²) in [6.07, 6.45) is 2.98. The fourth-order valence-electron chi connectivity index (χ4n) is 2.18. The van der Waals surface area contributed by atoms with Crippen molar-refractivity contribution in [3.8, 4) is 0 Å². The number of rotatable bonds is 5. The molecule has 1 atom stereocenters. The third-order valence-corrected chi connectivity index (χ3v) is 4.67. The molecule has 116 valence electrons. The quantitative estimate of drug-likeness (QED) is 0.848. The summed E-state index contributed by atoms with van der Waals surface area (Å²) in [5.41, 5.74) is 0.204. The third kappa shape index (κ3) is 4.41. The molecule has 2 rings (SSSR count). The van der Waals surface area contributed by atoms with Crippen LogP contribution in [-0.2, 0) is 14.8 Å². The van der Waals surface area contributed by atoms with Crippen LogP contribution in [0.1, 0.15) is 29.6 Å². The number of halogens is 1. The van der Waals surface area contributed by atoms with Crippen LogP contribution in [0.25, 0.3) is 0 Å². The Balaban J connectivity index is 1.99. The number of hydrogen-bond acceptors (Lipinski definition) is 4. The minimum Gasteiger partial charge on any atom is -0.378 e. The zero-order chi connectivity index (χ0) is 15.5. The summed E-state index contributed by atoms with van der Waals surface area (Å²) in [6.45, 7) is 1.24. The lowest BCUT2D eigenvalue weighted by Crippen LogP contribution is -2.27. The van der Waals surface area contributed by atoms with Crippen LogP contribution in [-0.4, -0.2) is 33.6 Å². The lowest BCUT2D eigenvalue weighted by atomic mass is 10.1. The van der Waals surface area contributed by atoms with Crippen molar-refractivity contribution in [1.29, 1.82) is 0 Å². The molecule has 0 spiro atoms. The van der Waals surface area contributed by atoms with E-state index in [1.165, 1.54) is 18.2 Å². The second-order valence-corrected chi connectivity index (χ2v) is 6.81. The Kier molecular flexibility index (Phi) is 5.21.